The van der Waals surface area contributed by atoms with Crippen LogP contribution in [-0.4, -0.2) is 58.1 Å². The first-order chi connectivity index (χ1) is 18.4. The Morgan fingerprint density at radius 1 is 1.08 bits per heavy atom. The van der Waals surface area contributed by atoms with Crippen molar-refractivity contribution in [3.63, 3.8) is 0 Å². The lowest BCUT2D eigenvalue weighted by atomic mass is 10.0. The van der Waals surface area contributed by atoms with Crippen molar-refractivity contribution in [1.82, 2.24) is 19.4 Å². The number of ether oxygens (including phenoxy) is 1. The maximum Gasteiger partial charge on any atom is 0.387 e. The van der Waals surface area contributed by atoms with E-state index in [1.807, 2.05) is 21.6 Å². The van der Waals surface area contributed by atoms with Crippen LogP contribution in [0.15, 0.2) is 54.7 Å². The molecule has 1 fully saturated rings. The highest BCUT2D eigenvalue weighted by Crippen LogP contribution is 2.41. The largest absolute Gasteiger partial charge is 0.434 e. The molecule has 0 radical (unpaired) electrons. The van der Waals surface area contributed by atoms with Gasteiger partial charge in [0.2, 0.25) is 5.91 Å². The maximum absolute atomic E-state index is 15.2. The molecule has 1 atom stereocenters. The van der Waals surface area contributed by atoms with Crippen LogP contribution < -0.4 is 9.64 Å². The number of rotatable bonds is 5. The van der Waals surface area contributed by atoms with Crippen molar-refractivity contribution < 1.29 is 22.7 Å². The Balaban J connectivity index is 1.32. The van der Waals surface area contributed by atoms with E-state index in [0.717, 1.165) is 17.2 Å². The van der Waals surface area contributed by atoms with Gasteiger partial charge in [-0.25, -0.2) is 14.4 Å². The van der Waals surface area contributed by atoms with Crippen molar-refractivity contribution in [3.05, 3.63) is 71.9 Å². The van der Waals surface area contributed by atoms with Crippen LogP contribution in [0.1, 0.15) is 30.8 Å². The molecular formula is C28H26F3N5O2. The van der Waals surface area contributed by atoms with E-state index >= 15 is 4.39 Å². The molecule has 0 saturated carbocycles. The number of hydrogen-bond donors (Lipinski definition) is 0. The van der Waals surface area contributed by atoms with Gasteiger partial charge in [0.05, 0.1) is 17.1 Å². The van der Waals surface area contributed by atoms with Gasteiger partial charge in [0.15, 0.2) is 0 Å². The van der Waals surface area contributed by atoms with Gasteiger partial charge >= 0.3 is 6.61 Å². The molecular weight excluding hydrogens is 495 g/mol. The second-order valence-corrected chi connectivity index (χ2v) is 9.59. The number of aryl methyl sites for hydroxylation is 1. The number of pyridine rings is 1. The molecule has 0 unspecified atom stereocenters. The summed E-state index contributed by atoms with van der Waals surface area (Å²) in [6.45, 7) is 1.30. The third-order valence-corrected chi connectivity index (χ3v) is 7.41. The maximum atomic E-state index is 15.2. The van der Waals surface area contributed by atoms with Crippen LogP contribution in [0.4, 0.5) is 19.0 Å². The van der Waals surface area contributed by atoms with Crippen molar-refractivity contribution in [2.75, 3.05) is 31.1 Å². The minimum Gasteiger partial charge on any atom is -0.434 e. The Morgan fingerprint density at radius 2 is 1.87 bits per heavy atom. The van der Waals surface area contributed by atoms with E-state index in [1.54, 1.807) is 37.4 Å². The number of anilines is 1. The number of imidazole rings is 1. The Labute approximate surface area is 217 Å². The Bertz CT molecular complexity index is 1500. The molecule has 38 heavy (non-hydrogen) atoms. The zero-order valence-electron chi connectivity index (χ0n) is 20.8. The van der Waals surface area contributed by atoms with Crippen molar-refractivity contribution in [2.45, 2.75) is 32.4 Å². The number of carbonyl (C=O) groups is 1. The molecule has 1 amide bonds. The van der Waals surface area contributed by atoms with Crippen LogP contribution in [0.2, 0.25) is 0 Å². The minimum atomic E-state index is -2.93. The number of nitrogens with zero attached hydrogens (tertiary/aromatic N) is 5. The minimum absolute atomic E-state index is 0.0671. The summed E-state index contributed by atoms with van der Waals surface area (Å²) in [5.41, 5.74) is 2.92. The number of carbonyl (C=O) groups excluding carboxylic acids is 1. The second-order valence-electron chi connectivity index (χ2n) is 9.59. The number of fused-ring (bicyclic) bond motifs is 3. The highest BCUT2D eigenvalue weighted by atomic mass is 19.3. The molecule has 0 bridgehead atoms. The first-order valence-electron chi connectivity index (χ1n) is 12.6. The molecule has 6 rings (SSSR count). The molecule has 196 valence electrons. The van der Waals surface area contributed by atoms with Crippen LogP contribution in [0.3, 0.4) is 0 Å². The lowest BCUT2D eigenvalue weighted by molar-refractivity contribution is -0.129. The van der Waals surface area contributed by atoms with Gasteiger partial charge < -0.3 is 19.1 Å². The highest BCUT2D eigenvalue weighted by molar-refractivity contribution is 5.84. The van der Waals surface area contributed by atoms with Crippen LogP contribution in [0.25, 0.3) is 22.2 Å². The van der Waals surface area contributed by atoms with E-state index in [4.69, 9.17) is 4.74 Å². The lowest BCUT2D eigenvalue weighted by Crippen LogP contribution is -2.48. The van der Waals surface area contributed by atoms with E-state index in [2.05, 4.69) is 14.9 Å². The molecule has 1 saturated heterocycles. The molecule has 4 heterocycles. The zero-order chi connectivity index (χ0) is 26.4. The van der Waals surface area contributed by atoms with Crippen molar-refractivity contribution in [1.29, 1.82) is 0 Å². The molecule has 0 N–H and O–H groups in total. The van der Waals surface area contributed by atoms with Crippen molar-refractivity contribution >= 4 is 22.8 Å². The number of piperazine rings is 1. The smallest absolute Gasteiger partial charge is 0.387 e. The van der Waals surface area contributed by atoms with Crippen LogP contribution in [0.5, 0.6) is 5.75 Å². The predicted molar refractivity (Wildman–Crippen MR) is 137 cm³/mol. The van der Waals surface area contributed by atoms with Gasteiger partial charge in [0.1, 0.15) is 23.2 Å². The lowest BCUT2D eigenvalue weighted by Gasteiger charge is -2.34. The molecule has 0 aliphatic carbocycles. The van der Waals surface area contributed by atoms with Gasteiger partial charge in [-0.2, -0.15) is 8.78 Å². The van der Waals surface area contributed by atoms with Crippen LogP contribution in [0, 0.1) is 5.82 Å². The monoisotopic (exact) mass is 521 g/mol. The molecule has 7 nitrogen and oxygen atoms in total. The topological polar surface area (TPSA) is 63.5 Å². The van der Waals surface area contributed by atoms with E-state index in [0.29, 0.717) is 61.2 Å². The van der Waals surface area contributed by atoms with Crippen molar-refractivity contribution in [3.8, 4) is 16.9 Å². The fourth-order valence-electron chi connectivity index (χ4n) is 5.54. The van der Waals surface area contributed by atoms with Gasteiger partial charge in [-0.15, -0.1) is 0 Å². The predicted octanol–water partition coefficient (Wildman–Crippen LogP) is 5.04. The number of alkyl halides is 2. The molecule has 2 aromatic heterocycles. The number of benzene rings is 2. The van der Waals surface area contributed by atoms with E-state index < -0.39 is 12.4 Å². The normalized spacial score (nSPS) is 17.3. The molecule has 2 aliphatic heterocycles. The first kappa shape index (κ1) is 24.3. The number of hydrogen-bond acceptors (Lipinski definition) is 5. The Hall–Kier alpha value is -4.08. The molecule has 2 aliphatic rings. The van der Waals surface area contributed by atoms with Crippen molar-refractivity contribution in [2.24, 2.45) is 0 Å². The average molecular weight is 522 g/mol. The van der Waals surface area contributed by atoms with E-state index in [1.165, 1.54) is 12.1 Å². The van der Waals surface area contributed by atoms with Gasteiger partial charge in [-0.1, -0.05) is 18.2 Å². The Morgan fingerprint density at radius 3 is 2.58 bits per heavy atom. The number of halogens is 3. The van der Waals surface area contributed by atoms with Gasteiger partial charge in [-0.3, -0.25) is 4.79 Å². The summed E-state index contributed by atoms with van der Waals surface area (Å²) in [4.78, 5) is 24.7. The molecule has 2 aromatic carbocycles. The Kier molecular flexibility index (Phi) is 6.17. The van der Waals surface area contributed by atoms with Gasteiger partial charge in [-0.05, 0) is 30.7 Å². The summed E-state index contributed by atoms with van der Waals surface area (Å²) in [5.74, 6) is 1.36. The summed E-state index contributed by atoms with van der Waals surface area (Å²) < 4.78 is 48.1. The van der Waals surface area contributed by atoms with E-state index in [9.17, 15) is 13.6 Å². The standard InChI is InChI=1S/C28H26F3N5O2/c1-17(37)34-10-12-35(13-11-34)26-8-6-18(16-32-26)20-14-24-22(15-21(20)29)33-27-9-7-23(36(24)27)19-4-2-3-5-25(19)38-28(30)31/h2-6,8,14-16,23,28H,7,9-13H2,1H3/t23-/m1/s1. The fraction of sp³-hybridized carbons (Fsp3) is 0.321. The first-order valence-corrected chi connectivity index (χ1v) is 12.6. The average Bonchev–Trinajstić information content (AvgIpc) is 3.47. The van der Waals surface area contributed by atoms with Gasteiger partial charge in [0, 0.05) is 68.5 Å². The fourth-order valence-corrected chi connectivity index (χ4v) is 5.54. The zero-order valence-corrected chi connectivity index (χ0v) is 20.8. The summed E-state index contributed by atoms with van der Waals surface area (Å²) in [5, 5.41) is 0. The van der Waals surface area contributed by atoms with Crippen LogP contribution in [-0.2, 0) is 11.2 Å². The number of amides is 1. The summed E-state index contributed by atoms with van der Waals surface area (Å²) in [6.07, 6.45) is 2.98. The third-order valence-electron chi connectivity index (χ3n) is 7.41. The molecule has 0 spiro atoms. The summed E-state index contributed by atoms with van der Waals surface area (Å²) >= 11 is 0. The highest BCUT2D eigenvalue weighted by Gasteiger charge is 2.30. The van der Waals surface area contributed by atoms with Crippen LogP contribution >= 0.6 is 0 Å². The summed E-state index contributed by atoms with van der Waals surface area (Å²) in [6, 6.07) is 13.4. The number of aromatic nitrogens is 3. The van der Waals surface area contributed by atoms with Gasteiger partial charge in [0.25, 0.3) is 0 Å². The third kappa shape index (κ3) is 4.33. The number of para-hydroxylation sites is 1. The molecule has 10 heteroatoms. The second kappa shape index (κ2) is 9.66. The summed E-state index contributed by atoms with van der Waals surface area (Å²) in [7, 11) is 0. The molecule has 4 aromatic rings. The quantitative estimate of drug-likeness (QED) is 0.368. The SMILES string of the molecule is CC(=O)N1CCN(c2ccc(-c3cc4c(cc3F)nc3n4[C@@H](c4ccccc4OC(F)F)CC3)cn2)CC1. The van der Waals surface area contributed by atoms with E-state index in [-0.39, 0.29) is 17.7 Å².